The number of ether oxygens (including phenoxy) is 1. The second kappa shape index (κ2) is 11.1. The normalized spacial score (nSPS) is 14.5. The fourth-order valence-electron chi connectivity index (χ4n) is 4.04. The Morgan fingerprint density at radius 1 is 1.11 bits per heavy atom. The van der Waals surface area contributed by atoms with E-state index in [-0.39, 0.29) is 24.4 Å². The molecule has 1 saturated carbocycles. The molecule has 0 spiro atoms. The van der Waals surface area contributed by atoms with Crippen molar-refractivity contribution in [2.75, 3.05) is 11.9 Å². The van der Waals surface area contributed by atoms with E-state index in [1.54, 1.807) is 31.7 Å². The molecule has 3 rings (SSSR count). The number of carbonyl (C=O) groups excluding carboxylic acids is 3. The predicted octanol–water partition coefficient (Wildman–Crippen LogP) is 5.54. The lowest BCUT2D eigenvalue weighted by atomic mass is 9.88. The molecule has 0 saturated heterocycles. The molecule has 1 unspecified atom stereocenters. The summed E-state index contributed by atoms with van der Waals surface area (Å²) in [6.07, 6.45) is 1.87. The molecule has 2 aromatic rings. The van der Waals surface area contributed by atoms with Gasteiger partial charge in [-0.2, -0.15) is 0 Å². The van der Waals surface area contributed by atoms with Crippen LogP contribution in [-0.4, -0.2) is 41.0 Å². The van der Waals surface area contributed by atoms with Crippen molar-refractivity contribution in [3.05, 3.63) is 64.2 Å². The van der Waals surface area contributed by atoms with E-state index in [4.69, 9.17) is 16.3 Å². The number of benzene rings is 2. The van der Waals surface area contributed by atoms with Gasteiger partial charge in [-0.3, -0.25) is 9.59 Å². The Labute approximate surface area is 212 Å². The number of para-hydroxylation sites is 1. The Kier molecular flexibility index (Phi) is 8.43. The van der Waals surface area contributed by atoms with Crippen molar-refractivity contribution in [2.24, 2.45) is 0 Å². The molecule has 1 atom stereocenters. The van der Waals surface area contributed by atoms with Gasteiger partial charge in [0.15, 0.2) is 0 Å². The van der Waals surface area contributed by atoms with Crippen molar-refractivity contribution < 1.29 is 19.1 Å². The molecule has 7 nitrogen and oxygen atoms in total. The summed E-state index contributed by atoms with van der Waals surface area (Å²) in [4.78, 5) is 41.0. The number of nitrogens with zero attached hydrogens (tertiary/aromatic N) is 1. The van der Waals surface area contributed by atoms with Gasteiger partial charge in [-0.1, -0.05) is 53.6 Å². The average molecular weight is 500 g/mol. The number of nitrogens with one attached hydrogen (secondary N) is 2. The fraction of sp³-hybridized carbons (Fsp3) is 0.444. The van der Waals surface area contributed by atoms with Crippen LogP contribution < -0.4 is 10.6 Å². The van der Waals surface area contributed by atoms with Crippen LogP contribution in [0.4, 0.5) is 10.5 Å². The van der Waals surface area contributed by atoms with E-state index in [0.717, 1.165) is 30.4 Å². The van der Waals surface area contributed by atoms with Crippen molar-refractivity contribution in [3.8, 4) is 0 Å². The van der Waals surface area contributed by atoms with E-state index in [0.29, 0.717) is 16.3 Å². The zero-order valence-electron chi connectivity index (χ0n) is 21.0. The molecule has 1 aliphatic carbocycles. The summed E-state index contributed by atoms with van der Waals surface area (Å²) < 4.78 is 5.27. The van der Waals surface area contributed by atoms with E-state index in [9.17, 15) is 14.4 Å². The van der Waals surface area contributed by atoms with Crippen LogP contribution in [0.3, 0.4) is 0 Å². The first-order chi connectivity index (χ1) is 16.5. The molecule has 0 bridgehead atoms. The molecule has 188 valence electrons. The molecule has 8 heteroatoms. The minimum atomic E-state index is -0.885. The molecule has 0 heterocycles. The molecule has 2 aromatic carbocycles. The maximum Gasteiger partial charge on any atom is 0.408 e. The SMILES string of the molecule is Cc1cccc(C(C(=O)Nc2c(C)cccc2Cl)N(C(=O)CNC(=O)OC(C)(C)C)C2CCC2)c1. The molecule has 1 fully saturated rings. The third-order valence-electron chi connectivity index (χ3n) is 5.89. The number of carbonyl (C=O) groups is 3. The summed E-state index contributed by atoms with van der Waals surface area (Å²) >= 11 is 6.37. The van der Waals surface area contributed by atoms with Crippen LogP contribution in [0, 0.1) is 13.8 Å². The Balaban J connectivity index is 1.93. The second-order valence-electron chi connectivity index (χ2n) is 9.98. The van der Waals surface area contributed by atoms with E-state index >= 15 is 0 Å². The van der Waals surface area contributed by atoms with Gasteiger partial charge in [0.25, 0.3) is 5.91 Å². The average Bonchev–Trinajstić information content (AvgIpc) is 2.72. The van der Waals surface area contributed by atoms with Gasteiger partial charge in [0.2, 0.25) is 5.91 Å². The third-order valence-corrected chi connectivity index (χ3v) is 6.21. The van der Waals surface area contributed by atoms with E-state index < -0.39 is 17.7 Å². The Morgan fingerprint density at radius 3 is 2.37 bits per heavy atom. The van der Waals surface area contributed by atoms with E-state index in [1.807, 2.05) is 50.2 Å². The second-order valence-corrected chi connectivity index (χ2v) is 10.4. The number of amides is 3. The van der Waals surface area contributed by atoms with Gasteiger partial charge in [-0.15, -0.1) is 0 Å². The largest absolute Gasteiger partial charge is 0.444 e. The highest BCUT2D eigenvalue weighted by Crippen LogP contribution is 2.35. The van der Waals surface area contributed by atoms with Crippen LogP contribution in [0.1, 0.15) is 62.8 Å². The minimum absolute atomic E-state index is 0.105. The standard InChI is InChI=1S/C27H34ClN3O4/c1-17-9-6-11-19(15-17)24(25(33)30-23-18(2)10-7-14-21(23)28)31(20-12-8-13-20)22(32)16-29-26(34)35-27(3,4)5/h6-7,9-11,14-15,20,24H,8,12-13,16H2,1-5H3,(H,29,34)(H,30,33). The topological polar surface area (TPSA) is 87.7 Å². The number of hydrogen-bond donors (Lipinski definition) is 2. The van der Waals surface area contributed by atoms with Crippen molar-refractivity contribution in [3.63, 3.8) is 0 Å². The quantitative estimate of drug-likeness (QED) is 0.523. The van der Waals surface area contributed by atoms with Gasteiger partial charge in [0, 0.05) is 6.04 Å². The first kappa shape index (κ1) is 26.5. The van der Waals surface area contributed by atoms with Crippen LogP contribution in [0.15, 0.2) is 42.5 Å². The lowest BCUT2D eigenvalue weighted by molar-refractivity contribution is -0.143. The Hall–Kier alpha value is -3.06. The highest BCUT2D eigenvalue weighted by atomic mass is 35.5. The zero-order chi connectivity index (χ0) is 25.8. The van der Waals surface area contributed by atoms with Crippen LogP contribution in [0.2, 0.25) is 5.02 Å². The first-order valence-corrected chi connectivity index (χ1v) is 12.2. The highest BCUT2D eigenvalue weighted by molar-refractivity contribution is 6.34. The molecular weight excluding hydrogens is 466 g/mol. The summed E-state index contributed by atoms with van der Waals surface area (Å²) in [5.74, 6) is -0.706. The molecule has 0 aliphatic heterocycles. The molecule has 1 aliphatic rings. The van der Waals surface area contributed by atoms with Gasteiger partial charge in [-0.25, -0.2) is 4.79 Å². The monoisotopic (exact) mass is 499 g/mol. The summed E-state index contributed by atoms with van der Waals surface area (Å²) in [5.41, 5.74) is 2.33. The molecule has 3 amide bonds. The van der Waals surface area contributed by atoms with Crippen LogP contribution in [0.25, 0.3) is 0 Å². The number of rotatable bonds is 7. The van der Waals surface area contributed by atoms with Crippen molar-refractivity contribution in [2.45, 2.75) is 71.6 Å². The fourth-order valence-corrected chi connectivity index (χ4v) is 4.31. The zero-order valence-corrected chi connectivity index (χ0v) is 21.7. The summed E-state index contributed by atoms with van der Waals surface area (Å²) in [6.45, 7) is 8.79. The van der Waals surface area contributed by atoms with Gasteiger partial charge in [-0.05, 0) is 71.1 Å². The van der Waals surface area contributed by atoms with Crippen LogP contribution >= 0.6 is 11.6 Å². The van der Waals surface area contributed by atoms with Crippen LogP contribution in [0.5, 0.6) is 0 Å². The van der Waals surface area contributed by atoms with E-state index in [2.05, 4.69) is 10.6 Å². The van der Waals surface area contributed by atoms with Crippen molar-refractivity contribution >= 4 is 35.2 Å². The summed E-state index contributed by atoms with van der Waals surface area (Å²) in [5, 5.41) is 5.92. The first-order valence-electron chi connectivity index (χ1n) is 11.9. The molecule has 35 heavy (non-hydrogen) atoms. The number of halogens is 1. The molecule has 0 radical (unpaired) electrons. The minimum Gasteiger partial charge on any atom is -0.444 e. The predicted molar refractivity (Wildman–Crippen MR) is 137 cm³/mol. The van der Waals surface area contributed by atoms with Crippen molar-refractivity contribution in [1.29, 1.82) is 0 Å². The number of aryl methyl sites for hydroxylation is 2. The highest BCUT2D eigenvalue weighted by Gasteiger charge is 2.39. The molecular formula is C27H34ClN3O4. The van der Waals surface area contributed by atoms with Gasteiger partial charge >= 0.3 is 6.09 Å². The molecule has 2 N–H and O–H groups in total. The van der Waals surface area contributed by atoms with E-state index in [1.165, 1.54) is 0 Å². The lowest BCUT2D eigenvalue weighted by Gasteiger charge is -2.42. The number of anilines is 1. The Bertz CT molecular complexity index is 1070. The lowest BCUT2D eigenvalue weighted by Crippen LogP contribution is -2.53. The van der Waals surface area contributed by atoms with Gasteiger partial charge < -0.3 is 20.3 Å². The smallest absolute Gasteiger partial charge is 0.408 e. The summed E-state index contributed by atoms with van der Waals surface area (Å²) in [7, 11) is 0. The summed E-state index contributed by atoms with van der Waals surface area (Å²) in [6, 6.07) is 12.0. The maximum atomic E-state index is 13.8. The molecule has 0 aromatic heterocycles. The van der Waals surface area contributed by atoms with Crippen LogP contribution in [-0.2, 0) is 14.3 Å². The van der Waals surface area contributed by atoms with Gasteiger partial charge in [0.05, 0.1) is 10.7 Å². The number of hydrogen-bond acceptors (Lipinski definition) is 4. The Morgan fingerprint density at radius 2 is 1.80 bits per heavy atom. The number of alkyl carbamates (subject to hydrolysis) is 1. The van der Waals surface area contributed by atoms with Crippen molar-refractivity contribution in [1.82, 2.24) is 10.2 Å². The van der Waals surface area contributed by atoms with Gasteiger partial charge in [0.1, 0.15) is 18.2 Å². The maximum absolute atomic E-state index is 13.8. The third kappa shape index (κ3) is 6.98.